The van der Waals surface area contributed by atoms with Crippen molar-refractivity contribution >= 4 is 11.6 Å². The fourth-order valence-corrected chi connectivity index (χ4v) is 2.31. The summed E-state index contributed by atoms with van der Waals surface area (Å²) in [7, 11) is 0. The van der Waals surface area contributed by atoms with Gasteiger partial charge >= 0.3 is 6.18 Å². The largest absolute Gasteiger partial charge is 0.479 e. The van der Waals surface area contributed by atoms with Crippen LogP contribution in [0, 0.1) is 5.82 Å². The van der Waals surface area contributed by atoms with E-state index < -0.39 is 29.8 Å². The first-order valence-corrected chi connectivity index (χ1v) is 6.69. The number of fused-ring (bicyclic) bond motifs is 1. The van der Waals surface area contributed by atoms with Crippen LogP contribution in [0.2, 0.25) is 0 Å². The van der Waals surface area contributed by atoms with Crippen LogP contribution in [0.1, 0.15) is 18.4 Å². The van der Waals surface area contributed by atoms with Crippen LogP contribution in [0.25, 0.3) is 0 Å². The maximum absolute atomic E-state index is 13.4. The molecule has 0 N–H and O–H groups in total. The lowest BCUT2D eigenvalue weighted by atomic mass is 10.1. The Balaban J connectivity index is 1.94. The van der Waals surface area contributed by atoms with E-state index >= 15 is 0 Å². The number of alkyl halides is 3. The van der Waals surface area contributed by atoms with E-state index in [1.807, 2.05) is 0 Å². The number of halogens is 4. The van der Waals surface area contributed by atoms with Gasteiger partial charge in [0.2, 0.25) is 5.76 Å². The van der Waals surface area contributed by atoms with E-state index in [4.69, 9.17) is 9.15 Å². The zero-order chi connectivity index (χ0) is 16.8. The van der Waals surface area contributed by atoms with Crippen LogP contribution in [-0.4, -0.2) is 12.0 Å². The van der Waals surface area contributed by atoms with Crippen molar-refractivity contribution in [2.75, 3.05) is 4.90 Å². The van der Waals surface area contributed by atoms with Gasteiger partial charge in [0.15, 0.2) is 6.10 Å². The maximum atomic E-state index is 13.4. The number of hydrogen-bond donors (Lipinski definition) is 0. The normalized spacial score (nSPS) is 17.9. The number of amides is 1. The summed E-state index contributed by atoms with van der Waals surface area (Å²) in [5.41, 5.74) is 0.151. The summed E-state index contributed by atoms with van der Waals surface area (Å²) in [6, 6.07) is 5.55. The lowest BCUT2D eigenvalue weighted by molar-refractivity contribution is -0.153. The van der Waals surface area contributed by atoms with Gasteiger partial charge < -0.3 is 9.15 Å². The molecule has 1 aliphatic heterocycles. The number of benzene rings is 1. The monoisotopic (exact) mass is 329 g/mol. The second-order valence-corrected chi connectivity index (χ2v) is 5.06. The standard InChI is InChI=1S/C15H11F4NO3/c1-8-14(21)20(11-6-9(16)2-4-12(11)22-8)7-10-3-5-13(23-10)15(17,18)19/h2-6,8H,7H2,1H3. The Kier molecular flexibility index (Phi) is 3.54. The van der Waals surface area contributed by atoms with Crippen molar-refractivity contribution in [2.45, 2.75) is 25.7 Å². The number of carbonyl (C=O) groups excluding carboxylic acids is 1. The predicted octanol–water partition coefficient (Wildman–Crippen LogP) is 3.75. The molecule has 1 unspecified atom stereocenters. The van der Waals surface area contributed by atoms with E-state index in [-0.39, 0.29) is 23.7 Å². The minimum absolute atomic E-state index is 0.0602. The van der Waals surface area contributed by atoms with Crippen LogP contribution in [0.15, 0.2) is 34.7 Å². The number of furan rings is 1. The molecular formula is C15H11F4NO3. The van der Waals surface area contributed by atoms with Crippen molar-refractivity contribution in [3.63, 3.8) is 0 Å². The Hall–Kier alpha value is -2.51. The summed E-state index contributed by atoms with van der Waals surface area (Å²) in [4.78, 5) is 13.4. The van der Waals surface area contributed by atoms with E-state index in [1.165, 1.54) is 19.1 Å². The lowest BCUT2D eigenvalue weighted by Crippen LogP contribution is -2.44. The summed E-state index contributed by atoms with van der Waals surface area (Å²) < 4.78 is 61.2. The minimum Gasteiger partial charge on any atom is -0.479 e. The quantitative estimate of drug-likeness (QED) is 0.788. The summed E-state index contributed by atoms with van der Waals surface area (Å²) in [5.74, 6) is -2.01. The molecule has 1 atom stereocenters. The molecule has 0 aliphatic carbocycles. The van der Waals surface area contributed by atoms with E-state index in [1.54, 1.807) is 0 Å². The number of carbonyl (C=O) groups is 1. The molecule has 1 aliphatic rings. The topological polar surface area (TPSA) is 42.7 Å². The fourth-order valence-electron chi connectivity index (χ4n) is 2.31. The predicted molar refractivity (Wildman–Crippen MR) is 71.4 cm³/mol. The Labute approximate surface area is 128 Å². The zero-order valence-electron chi connectivity index (χ0n) is 11.9. The van der Waals surface area contributed by atoms with Gasteiger partial charge in [-0.25, -0.2) is 4.39 Å². The van der Waals surface area contributed by atoms with Crippen molar-refractivity contribution in [2.24, 2.45) is 0 Å². The highest BCUT2D eigenvalue weighted by Crippen LogP contribution is 2.36. The highest BCUT2D eigenvalue weighted by molar-refractivity contribution is 5.99. The summed E-state index contributed by atoms with van der Waals surface area (Å²) in [5, 5.41) is 0. The third-order valence-corrected chi connectivity index (χ3v) is 3.38. The van der Waals surface area contributed by atoms with Crippen molar-refractivity contribution in [3.8, 4) is 5.75 Å². The highest BCUT2D eigenvalue weighted by atomic mass is 19.4. The lowest BCUT2D eigenvalue weighted by Gasteiger charge is -2.32. The van der Waals surface area contributed by atoms with E-state index in [0.29, 0.717) is 0 Å². The molecule has 122 valence electrons. The third kappa shape index (κ3) is 2.88. The number of nitrogens with zero attached hydrogens (tertiary/aromatic N) is 1. The Bertz CT molecular complexity index is 753. The molecule has 0 saturated heterocycles. The summed E-state index contributed by atoms with van der Waals surface area (Å²) >= 11 is 0. The average molecular weight is 329 g/mol. The first-order chi connectivity index (χ1) is 10.8. The molecular weight excluding hydrogens is 318 g/mol. The van der Waals surface area contributed by atoms with Gasteiger partial charge in [-0.2, -0.15) is 13.2 Å². The average Bonchev–Trinajstić information content (AvgIpc) is 2.93. The molecule has 0 spiro atoms. The molecule has 1 aromatic carbocycles. The van der Waals surface area contributed by atoms with Crippen molar-refractivity contribution in [1.82, 2.24) is 0 Å². The molecule has 1 aromatic heterocycles. The van der Waals surface area contributed by atoms with Gasteiger partial charge in [-0.1, -0.05) is 0 Å². The van der Waals surface area contributed by atoms with E-state index in [2.05, 4.69) is 0 Å². The molecule has 0 radical (unpaired) electrons. The zero-order valence-corrected chi connectivity index (χ0v) is 11.9. The molecule has 8 heteroatoms. The van der Waals surface area contributed by atoms with E-state index in [0.717, 1.165) is 23.1 Å². The van der Waals surface area contributed by atoms with Crippen LogP contribution in [0.5, 0.6) is 5.75 Å². The number of ether oxygens (including phenoxy) is 1. The number of hydrogen-bond acceptors (Lipinski definition) is 3. The van der Waals surface area contributed by atoms with Gasteiger partial charge in [0.1, 0.15) is 17.3 Å². The van der Waals surface area contributed by atoms with Crippen molar-refractivity contribution in [1.29, 1.82) is 0 Å². The van der Waals surface area contributed by atoms with Crippen molar-refractivity contribution in [3.05, 3.63) is 47.7 Å². The Morgan fingerprint density at radius 2 is 1.96 bits per heavy atom. The fraction of sp³-hybridized carbons (Fsp3) is 0.267. The van der Waals surface area contributed by atoms with Crippen LogP contribution in [0.4, 0.5) is 23.2 Å². The third-order valence-electron chi connectivity index (χ3n) is 3.38. The molecule has 23 heavy (non-hydrogen) atoms. The number of rotatable bonds is 2. The minimum atomic E-state index is -4.61. The summed E-state index contributed by atoms with van der Waals surface area (Å²) in [6.45, 7) is 1.25. The molecule has 4 nitrogen and oxygen atoms in total. The molecule has 1 amide bonds. The second kappa shape index (κ2) is 5.29. The van der Waals surface area contributed by atoms with Gasteiger partial charge in [-0.3, -0.25) is 9.69 Å². The van der Waals surface area contributed by atoms with Crippen LogP contribution in [0.3, 0.4) is 0 Å². The van der Waals surface area contributed by atoms with Gasteiger partial charge in [0.25, 0.3) is 5.91 Å². The molecule has 0 saturated carbocycles. The van der Waals surface area contributed by atoms with Gasteiger partial charge in [0.05, 0.1) is 12.2 Å². The summed E-state index contributed by atoms with van der Waals surface area (Å²) in [6.07, 6.45) is -5.44. The molecule has 2 heterocycles. The Morgan fingerprint density at radius 1 is 1.22 bits per heavy atom. The van der Waals surface area contributed by atoms with E-state index in [9.17, 15) is 22.4 Å². The van der Waals surface area contributed by atoms with Crippen molar-refractivity contribution < 1.29 is 31.5 Å². The second-order valence-electron chi connectivity index (χ2n) is 5.06. The highest BCUT2D eigenvalue weighted by Gasteiger charge is 2.36. The van der Waals surface area contributed by atoms with Gasteiger partial charge in [0, 0.05) is 6.07 Å². The Morgan fingerprint density at radius 3 is 2.61 bits per heavy atom. The smallest absolute Gasteiger partial charge is 0.449 e. The first-order valence-electron chi connectivity index (χ1n) is 6.69. The SMILES string of the molecule is CC1Oc2ccc(F)cc2N(Cc2ccc(C(F)(F)F)o2)C1=O. The molecule has 2 aromatic rings. The van der Waals surface area contributed by atoms with Gasteiger partial charge in [-0.15, -0.1) is 0 Å². The first kappa shape index (κ1) is 15.4. The van der Waals surface area contributed by atoms with Crippen LogP contribution >= 0.6 is 0 Å². The van der Waals surface area contributed by atoms with Crippen LogP contribution < -0.4 is 9.64 Å². The molecule has 0 bridgehead atoms. The van der Waals surface area contributed by atoms with Gasteiger partial charge in [-0.05, 0) is 31.2 Å². The molecule has 0 fully saturated rings. The molecule has 3 rings (SSSR count). The van der Waals surface area contributed by atoms with Crippen LogP contribution in [-0.2, 0) is 17.5 Å². The number of anilines is 1. The maximum Gasteiger partial charge on any atom is 0.449 e.